The van der Waals surface area contributed by atoms with Crippen LogP contribution in [0, 0.1) is 16.9 Å². The van der Waals surface area contributed by atoms with Crippen molar-refractivity contribution < 1.29 is 38.0 Å². The highest BCUT2D eigenvalue weighted by atomic mass is 35.5. The predicted octanol–water partition coefficient (Wildman–Crippen LogP) is 5.87. The van der Waals surface area contributed by atoms with Crippen molar-refractivity contribution in [1.29, 1.82) is 0 Å². The van der Waals surface area contributed by atoms with Crippen molar-refractivity contribution in [2.24, 2.45) is 5.92 Å². The Hall–Kier alpha value is -4.59. The van der Waals surface area contributed by atoms with Crippen molar-refractivity contribution in [3.05, 3.63) is 105 Å². The Morgan fingerprint density at radius 2 is 1.80 bits per heavy atom. The zero-order chi connectivity index (χ0) is 35.5. The Balaban J connectivity index is 1.35. The van der Waals surface area contributed by atoms with Crippen LogP contribution < -0.4 is 19.1 Å². The van der Waals surface area contributed by atoms with Gasteiger partial charge in [0.25, 0.3) is 0 Å². The molecule has 2 aromatic heterocycles. The van der Waals surface area contributed by atoms with E-state index < -0.39 is 29.8 Å². The maximum absolute atomic E-state index is 15.2. The van der Waals surface area contributed by atoms with Gasteiger partial charge in [-0.05, 0) is 68.1 Å². The molecule has 264 valence electrons. The number of piperidine rings is 3. The van der Waals surface area contributed by atoms with Gasteiger partial charge in [0.2, 0.25) is 0 Å². The third-order valence-electron chi connectivity index (χ3n) is 9.44. The molecule has 4 aromatic rings. The number of carbonyl (C=O) groups excluding carboxylic acids is 1. The number of ether oxygens (including phenoxy) is 3. The Labute approximate surface area is 298 Å². The molecule has 0 saturated carbocycles. The van der Waals surface area contributed by atoms with Crippen molar-refractivity contribution in [3.63, 3.8) is 0 Å². The van der Waals surface area contributed by atoms with E-state index in [-0.39, 0.29) is 40.7 Å². The van der Waals surface area contributed by atoms with Gasteiger partial charge in [-0.2, -0.15) is 9.83 Å². The maximum Gasteiger partial charge on any atom is 0.415 e. The number of carboxylic acids is 1. The smallest absolute Gasteiger partial charge is 0.415 e. The van der Waals surface area contributed by atoms with Crippen molar-refractivity contribution >= 4 is 41.0 Å². The van der Waals surface area contributed by atoms with Gasteiger partial charge in [0.1, 0.15) is 22.0 Å². The van der Waals surface area contributed by atoms with Gasteiger partial charge in [-0.15, -0.1) is 0 Å². The molecule has 3 aliphatic rings. The Kier molecular flexibility index (Phi) is 10.7. The second-order valence-corrected chi connectivity index (χ2v) is 13.2. The molecule has 50 heavy (non-hydrogen) atoms. The minimum atomic E-state index is -1.34. The molecule has 2 aromatic carbocycles. The van der Waals surface area contributed by atoms with Crippen LogP contribution in [0.5, 0.6) is 11.5 Å². The summed E-state index contributed by atoms with van der Waals surface area (Å²) < 4.78 is 33.8. The number of pyridine rings is 1. The quantitative estimate of drug-likeness (QED) is 0.141. The lowest BCUT2D eigenvalue weighted by Gasteiger charge is -2.44. The summed E-state index contributed by atoms with van der Waals surface area (Å²) in [6.07, 6.45) is 6.05. The van der Waals surface area contributed by atoms with Crippen molar-refractivity contribution in [1.82, 2.24) is 14.7 Å². The number of hydrogen-bond acceptors (Lipinski definition) is 8. The molecule has 5 heterocycles. The highest BCUT2D eigenvalue weighted by Gasteiger charge is 2.38. The number of methoxy groups -OCH3 is 2. The second kappa shape index (κ2) is 15.1. The number of nitrogens with zero attached hydrogens (tertiary/aromatic N) is 5. The standard InChI is InChI=1S/C35H36Cl2FN5O7/c1-48-30-8-7-23(13-31(30)49-2)24(14-25-26(36)18-41(47)19-27(25)37)33(34(44)45)43-17-21(15-39-43)16-42(29-6-4-3-5-28(29)38)35(46)50-32-20-40-11-9-22(32)10-12-40/h3-8,13,15,17-19,22,24,32-33H,9-12,14,16,20H2,1-2H3,(H,44,45)/t24-,32-,33?/m0/s1. The first-order valence-corrected chi connectivity index (χ1v) is 16.8. The van der Waals surface area contributed by atoms with Gasteiger partial charge in [-0.3, -0.25) is 14.5 Å². The van der Waals surface area contributed by atoms with Gasteiger partial charge in [0, 0.05) is 29.8 Å². The number of rotatable bonds is 12. The first kappa shape index (κ1) is 35.2. The second-order valence-electron chi connectivity index (χ2n) is 12.4. The number of anilines is 1. The number of hydrogen-bond donors (Lipinski definition) is 1. The molecule has 0 aliphatic carbocycles. The van der Waals surface area contributed by atoms with Crippen LogP contribution in [-0.2, 0) is 22.5 Å². The van der Waals surface area contributed by atoms with E-state index in [9.17, 15) is 19.9 Å². The van der Waals surface area contributed by atoms with Crippen molar-refractivity contribution in [2.45, 2.75) is 43.9 Å². The number of carboxylic acid groups (broad SMARTS) is 1. The lowest BCUT2D eigenvalue weighted by molar-refractivity contribution is -0.605. The van der Waals surface area contributed by atoms with E-state index in [1.165, 1.54) is 54.4 Å². The number of halogens is 3. The number of carbonyl (C=O) groups is 2. The van der Waals surface area contributed by atoms with E-state index in [0.29, 0.717) is 39.5 Å². The third-order valence-corrected chi connectivity index (χ3v) is 10.1. The molecule has 7 rings (SSSR count). The van der Waals surface area contributed by atoms with Crippen LogP contribution in [0.2, 0.25) is 10.0 Å². The topological polar surface area (TPSA) is 133 Å². The molecule has 1 amide bonds. The lowest BCUT2D eigenvalue weighted by Crippen LogP contribution is -2.53. The largest absolute Gasteiger partial charge is 0.619 e. The van der Waals surface area contributed by atoms with Crippen LogP contribution in [0.15, 0.2) is 67.3 Å². The summed E-state index contributed by atoms with van der Waals surface area (Å²) in [5.41, 5.74) is 1.35. The molecule has 1 N–H and O–H groups in total. The monoisotopic (exact) mass is 727 g/mol. The molecular weight excluding hydrogens is 692 g/mol. The molecule has 3 aliphatic heterocycles. The average Bonchev–Trinajstić information content (AvgIpc) is 3.56. The fraction of sp³-hybridized carbons (Fsp3) is 0.371. The summed E-state index contributed by atoms with van der Waals surface area (Å²) in [4.78, 5) is 30.3. The average molecular weight is 729 g/mol. The molecular formula is C35H36Cl2FN5O7. The summed E-state index contributed by atoms with van der Waals surface area (Å²) in [5.74, 6) is -1.66. The maximum atomic E-state index is 15.2. The minimum Gasteiger partial charge on any atom is -0.619 e. The van der Waals surface area contributed by atoms with Crippen LogP contribution in [-0.4, -0.2) is 71.8 Å². The summed E-state index contributed by atoms with van der Waals surface area (Å²) in [6.45, 7) is 2.41. The van der Waals surface area contributed by atoms with Gasteiger partial charge < -0.3 is 24.5 Å². The van der Waals surface area contributed by atoms with Crippen LogP contribution in [0.1, 0.15) is 41.5 Å². The summed E-state index contributed by atoms with van der Waals surface area (Å²) in [5, 5.41) is 27.2. The van der Waals surface area contributed by atoms with Crippen LogP contribution in [0.3, 0.4) is 0 Å². The van der Waals surface area contributed by atoms with Crippen LogP contribution in [0.4, 0.5) is 14.9 Å². The van der Waals surface area contributed by atoms with Crippen molar-refractivity contribution in [3.8, 4) is 11.5 Å². The first-order chi connectivity index (χ1) is 24.1. The minimum absolute atomic E-state index is 0.00655. The molecule has 3 saturated heterocycles. The van der Waals surface area contributed by atoms with Gasteiger partial charge in [0.05, 0.1) is 32.6 Å². The van der Waals surface area contributed by atoms with Crippen LogP contribution >= 0.6 is 23.2 Å². The SMILES string of the molecule is COc1ccc([C@H](Cc2c(Cl)c[n+]([O-])cc2Cl)C(C(=O)O)n2cc(CN(C(=O)O[C@H]3CN4CCC3CC4)c3ccccc3F)cn2)cc1OC. The highest BCUT2D eigenvalue weighted by Crippen LogP contribution is 2.40. The molecule has 15 heteroatoms. The number of benzene rings is 2. The normalized spacial score (nSPS) is 19.4. The van der Waals surface area contributed by atoms with Gasteiger partial charge in [-0.25, -0.2) is 14.0 Å². The van der Waals surface area contributed by atoms with E-state index >= 15 is 4.39 Å². The predicted molar refractivity (Wildman–Crippen MR) is 182 cm³/mol. The zero-order valence-electron chi connectivity index (χ0n) is 27.4. The molecule has 1 unspecified atom stereocenters. The fourth-order valence-corrected chi connectivity index (χ4v) is 7.46. The van der Waals surface area contributed by atoms with E-state index in [1.807, 2.05) is 0 Å². The number of aromatic nitrogens is 3. The van der Waals surface area contributed by atoms with E-state index in [0.717, 1.165) is 38.3 Å². The van der Waals surface area contributed by atoms with Gasteiger partial charge in [0.15, 0.2) is 29.9 Å². The molecule has 0 radical (unpaired) electrons. The molecule has 12 nitrogen and oxygen atoms in total. The van der Waals surface area contributed by atoms with E-state index in [2.05, 4.69) is 10.00 Å². The molecule has 0 spiro atoms. The molecule has 2 bridgehead atoms. The fourth-order valence-electron chi connectivity index (χ4n) is 6.86. The Bertz CT molecular complexity index is 1850. The summed E-state index contributed by atoms with van der Waals surface area (Å²) in [6, 6.07) is 9.58. The number of aliphatic carboxylic acids is 1. The Morgan fingerprint density at radius 1 is 1.10 bits per heavy atom. The van der Waals surface area contributed by atoms with Gasteiger partial charge in [-0.1, -0.05) is 41.4 Å². The van der Waals surface area contributed by atoms with E-state index in [1.54, 1.807) is 24.3 Å². The van der Waals surface area contributed by atoms with Gasteiger partial charge >= 0.3 is 12.1 Å². The zero-order valence-corrected chi connectivity index (χ0v) is 28.9. The third kappa shape index (κ3) is 7.44. The number of fused-ring (bicyclic) bond motifs is 3. The first-order valence-electron chi connectivity index (χ1n) is 16.1. The molecule has 3 fully saturated rings. The number of para-hydroxylation sites is 1. The lowest BCUT2D eigenvalue weighted by atomic mass is 9.85. The summed E-state index contributed by atoms with van der Waals surface area (Å²) in [7, 11) is 2.95. The Morgan fingerprint density at radius 3 is 2.42 bits per heavy atom. The molecule has 3 atom stereocenters. The summed E-state index contributed by atoms with van der Waals surface area (Å²) >= 11 is 12.9. The van der Waals surface area contributed by atoms with Crippen molar-refractivity contribution in [2.75, 3.05) is 38.8 Å². The highest BCUT2D eigenvalue weighted by molar-refractivity contribution is 6.35. The number of amides is 1. The van der Waals surface area contributed by atoms with Crippen LogP contribution in [0.25, 0.3) is 0 Å². The van der Waals surface area contributed by atoms with E-state index in [4.69, 9.17) is 37.4 Å².